The topological polar surface area (TPSA) is 59.7 Å². The van der Waals surface area contributed by atoms with Crippen LogP contribution in [0.4, 0.5) is 0 Å². The third-order valence-corrected chi connectivity index (χ3v) is 7.14. The van der Waals surface area contributed by atoms with Crippen molar-refractivity contribution >= 4 is 61.9 Å². The Labute approximate surface area is 220 Å². The number of furan rings is 1. The Balaban J connectivity index is 1.70. The van der Waals surface area contributed by atoms with E-state index in [4.69, 9.17) is 9.15 Å². The van der Waals surface area contributed by atoms with Crippen LogP contribution < -0.4 is 4.74 Å². The minimum Gasteiger partial charge on any atom is -0.506 e. The molecule has 4 nitrogen and oxygen atoms in total. The number of unbranched alkanes of at least 4 members (excludes halogenated alkanes) is 2. The van der Waals surface area contributed by atoms with Gasteiger partial charge in [0.05, 0.1) is 12.7 Å². The number of hydrogen-bond acceptors (Lipinski definition) is 4. The molecule has 0 atom stereocenters. The lowest BCUT2D eigenvalue weighted by molar-refractivity contribution is 0.103. The molecule has 0 fully saturated rings. The summed E-state index contributed by atoms with van der Waals surface area (Å²) < 4.78 is 13.5. The fourth-order valence-corrected chi connectivity index (χ4v) is 5.53. The van der Waals surface area contributed by atoms with Crippen LogP contribution in [0.1, 0.15) is 53.4 Å². The van der Waals surface area contributed by atoms with Gasteiger partial charge < -0.3 is 14.3 Å². The first-order valence-electron chi connectivity index (χ1n) is 10.9. The molecule has 0 saturated carbocycles. The SMILES string of the molecule is CCCCCc1oc2cc(OCc3ccccc3)ccc2c1C(=O)c1cc(I)c(O)c(I)c1. The minimum atomic E-state index is -0.0889. The molecule has 4 aromatic rings. The lowest BCUT2D eigenvalue weighted by Gasteiger charge is -2.07. The molecule has 0 aliphatic carbocycles. The molecule has 33 heavy (non-hydrogen) atoms. The van der Waals surface area contributed by atoms with E-state index < -0.39 is 0 Å². The molecule has 1 N–H and O–H groups in total. The van der Waals surface area contributed by atoms with Crippen LogP contribution in [0.5, 0.6) is 11.5 Å². The van der Waals surface area contributed by atoms with Crippen molar-refractivity contribution in [1.29, 1.82) is 0 Å². The zero-order valence-corrected chi connectivity index (χ0v) is 22.6. The smallest absolute Gasteiger partial charge is 0.197 e. The predicted octanol–water partition coefficient (Wildman–Crippen LogP) is 7.89. The Kier molecular flexibility index (Phi) is 7.95. The van der Waals surface area contributed by atoms with Crippen LogP contribution in [-0.4, -0.2) is 10.9 Å². The second-order valence-electron chi connectivity index (χ2n) is 7.91. The van der Waals surface area contributed by atoms with Crippen LogP contribution in [0.25, 0.3) is 11.0 Å². The molecule has 0 radical (unpaired) electrons. The summed E-state index contributed by atoms with van der Waals surface area (Å²) in [5.74, 6) is 1.52. The number of ketones is 1. The van der Waals surface area contributed by atoms with Gasteiger partial charge in [-0.2, -0.15) is 0 Å². The Morgan fingerprint density at radius 2 is 1.73 bits per heavy atom. The highest BCUT2D eigenvalue weighted by molar-refractivity contribution is 14.1. The fourth-order valence-electron chi connectivity index (χ4n) is 3.76. The molecule has 170 valence electrons. The van der Waals surface area contributed by atoms with E-state index >= 15 is 0 Å². The van der Waals surface area contributed by atoms with Crippen molar-refractivity contribution in [3.05, 3.63) is 90.3 Å². The number of fused-ring (bicyclic) bond motifs is 1. The van der Waals surface area contributed by atoms with Gasteiger partial charge in [0, 0.05) is 23.4 Å². The van der Waals surface area contributed by atoms with Gasteiger partial charge in [-0.05, 0) is 81.4 Å². The van der Waals surface area contributed by atoms with E-state index in [2.05, 4.69) is 52.1 Å². The second-order valence-corrected chi connectivity index (χ2v) is 10.2. The number of rotatable bonds is 9. The molecule has 0 unspecified atom stereocenters. The standard InChI is InChI=1S/C27H24I2O4/c1-2-3-5-10-23-25(26(30)18-13-21(28)27(31)22(29)14-18)20-12-11-19(15-24(20)33-23)32-16-17-8-6-4-7-9-17/h4,6-9,11-15,31H,2-3,5,10,16H2,1H3. The predicted molar refractivity (Wildman–Crippen MR) is 147 cm³/mol. The van der Waals surface area contributed by atoms with Gasteiger partial charge in [-0.25, -0.2) is 0 Å². The van der Waals surface area contributed by atoms with Crippen LogP contribution in [0, 0.1) is 7.14 Å². The second kappa shape index (κ2) is 10.9. The monoisotopic (exact) mass is 666 g/mol. The number of phenols is 1. The molecule has 0 aliphatic heterocycles. The van der Waals surface area contributed by atoms with E-state index in [1.54, 1.807) is 12.1 Å². The summed E-state index contributed by atoms with van der Waals surface area (Å²) in [5.41, 5.74) is 2.89. The maximum Gasteiger partial charge on any atom is 0.197 e. The van der Waals surface area contributed by atoms with Gasteiger partial charge in [-0.3, -0.25) is 4.79 Å². The van der Waals surface area contributed by atoms with Gasteiger partial charge in [-0.15, -0.1) is 0 Å². The summed E-state index contributed by atoms with van der Waals surface area (Å²) in [6.07, 6.45) is 3.83. The molecule has 1 heterocycles. The molecule has 0 aliphatic rings. The van der Waals surface area contributed by atoms with Gasteiger partial charge in [-0.1, -0.05) is 50.1 Å². The third-order valence-electron chi connectivity index (χ3n) is 5.50. The zero-order chi connectivity index (χ0) is 23.4. The van der Waals surface area contributed by atoms with Crippen molar-refractivity contribution in [3.8, 4) is 11.5 Å². The summed E-state index contributed by atoms with van der Waals surface area (Å²) >= 11 is 4.10. The Bertz CT molecular complexity index is 1260. The van der Waals surface area contributed by atoms with E-state index in [1.165, 1.54) is 0 Å². The van der Waals surface area contributed by atoms with Crippen LogP contribution in [-0.2, 0) is 13.0 Å². The van der Waals surface area contributed by atoms with E-state index in [0.29, 0.717) is 48.4 Å². The molecular formula is C27H24I2O4. The Morgan fingerprint density at radius 1 is 1.00 bits per heavy atom. The molecule has 0 saturated heterocycles. The Hall–Kier alpha value is -2.07. The van der Waals surface area contributed by atoms with E-state index in [0.717, 1.165) is 30.2 Å². The highest BCUT2D eigenvalue weighted by Gasteiger charge is 2.23. The van der Waals surface area contributed by atoms with Crippen molar-refractivity contribution in [2.45, 2.75) is 39.2 Å². The molecule has 1 aromatic heterocycles. The molecule has 6 heteroatoms. The van der Waals surface area contributed by atoms with E-state index in [1.807, 2.05) is 48.5 Å². The van der Waals surface area contributed by atoms with Crippen LogP contribution in [0.3, 0.4) is 0 Å². The molecule has 0 amide bonds. The van der Waals surface area contributed by atoms with Gasteiger partial charge in [0.15, 0.2) is 5.78 Å². The Morgan fingerprint density at radius 3 is 2.42 bits per heavy atom. The maximum absolute atomic E-state index is 13.6. The first-order chi connectivity index (χ1) is 16.0. The quantitative estimate of drug-likeness (QED) is 0.112. The van der Waals surface area contributed by atoms with Gasteiger partial charge >= 0.3 is 0 Å². The van der Waals surface area contributed by atoms with Crippen molar-refractivity contribution in [2.24, 2.45) is 0 Å². The van der Waals surface area contributed by atoms with Crippen LogP contribution >= 0.6 is 45.2 Å². The highest BCUT2D eigenvalue weighted by atomic mass is 127. The maximum atomic E-state index is 13.6. The first-order valence-corrected chi connectivity index (χ1v) is 13.1. The van der Waals surface area contributed by atoms with Crippen LogP contribution in [0.2, 0.25) is 0 Å². The minimum absolute atomic E-state index is 0.0889. The summed E-state index contributed by atoms with van der Waals surface area (Å²) in [5, 5.41) is 10.9. The van der Waals surface area contributed by atoms with Gasteiger partial charge in [0.2, 0.25) is 0 Å². The number of carbonyl (C=O) groups is 1. The first kappa shape index (κ1) is 24.1. The number of aryl methyl sites for hydroxylation is 1. The van der Waals surface area contributed by atoms with E-state index in [9.17, 15) is 9.90 Å². The number of phenolic OH excluding ortho intramolecular Hbond substituents is 1. The van der Waals surface area contributed by atoms with Crippen LogP contribution in [0.15, 0.2) is 65.1 Å². The number of hydrogen-bond donors (Lipinski definition) is 1. The van der Waals surface area contributed by atoms with Crippen molar-refractivity contribution in [3.63, 3.8) is 0 Å². The van der Waals surface area contributed by atoms with Gasteiger partial charge in [0.1, 0.15) is 29.4 Å². The van der Waals surface area contributed by atoms with Crippen molar-refractivity contribution in [2.75, 3.05) is 0 Å². The average Bonchev–Trinajstić information content (AvgIpc) is 3.18. The number of aromatic hydroxyl groups is 1. The molecular weight excluding hydrogens is 642 g/mol. The molecule has 0 bridgehead atoms. The van der Waals surface area contributed by atoms with Crippen molar-refractivity contribution < 1.29 is 19.1 Å². The molecule has 4 rings (SSSR count). The number of carbonyl (C=O) groups excluding carboxylic acids is 1. The lowest BCUT2D eigenvalue weighted by atomic mass is 9.98. The lowest BCUT2D eigenvalue weighted by Crippen LogP contribution is -2.05. The normalized spacial score (nSPS) is 11.1. The highest BCUT2D eigenvalue weighted by Crippen LogP contribution is 2.34. The number of benzene rings is 3. The summed E-state index contributed by atoms with van der Waals surface area (Å²) in [6.45, 7) is 2.62. The number of halogens is 2. The average molecular weight is 666 g/mol. The number of ether oxygens (including phenoxy) is 1. The summed E-state index contributed by atoms with van der Waals surface area (Å²) in [4.78, 5) is 13.6. The zero-order valence-electron chi connectivity index (χ0n) is 18.2. The largest absolute Gasteiger partial charge is 0.506 e. The summed E-state index contributed by atoms with van der Waals surface area (Å²) in [6, 6.07) is 19.1. The molecule has 0 spiro atoms. The third kappa shape index (κ3) is 5.54. The fraction of sp³-hybridized carbons (Fsp3) is 0.222. The van der Waals surface area contributed by atoms with Crippen molar-refractivity contribution in [1.82, 2.24) is 0 Å². The van der Waals surface area contributed by atoms with Gasteiger partial charge in [0.25, 0.3) is 0 Å². The molecule has 3 aromatic carbocycles. The van der Waals surface area contributed by atoms with E-state index in [-0.39, 0.29) is 11.5 Å². The summed E-state index contributed by atoms with van der Waals surface area (Å²) in [7, 11) is 0.